The summed E-state index contributed by atoms with van der Waals surface area (Å²) in [5, 5.41) is 0. The summed E-state index contributed by atoms with van der Waals surface area (Å²) in [6.07, 6.45) is 10.6. The SMILES string of the molecule is C=C/C=C\C(=C/C)CCC(C)/C=C(/C(=O)NNC(=O)OC)C(C)=NC. The van der Waals surface area contributed by atoms with Gasteiger partial charge in [-0.3, -0.25) is 15.2 Å². The first kappa shape index (κ1) is 22.4. The lowest BCUT2D eigenvalue weighted by molar-refractivity contribution is -0.117. The normalized spacial score (nSPS) is 14.2. The average Bonchev–Trinajstić information content (AvgIpc) is 2.63. The van der Waals surface area contributed by atoms with Gasteiger partial charge in [-0.2, -0.15) is 0 Å². The molecule has 0 rings (SSSR count). The summed E-state index contributed by atoms with van der Waals surface area (Å²) in [7, 11) is 2.84. The van der Waals surface area contributed by atoms with Crippen LogP contribution in [0.5, 0.6) is 0 Å². The van der Waals surface area contributed by atoms with Crippen LogP contribution >= 0.6 is 0 Å². The predicted molar refractivity (Wildman–Crippen MR) is 102 cm³/mol. The maximum absolute atomic E-state index is 12.3. The highest BCUT2D eigenvalue weighted by atomic mass is 16.5. The lowest BCUT2D eigenvalue weighted by atomic mass is 9.96. The van der Waals surface area contributed by atoms with E-state index in [1.807, 2.05) is 32.1 Å². The van der Waals surface area contributed by atoms with E-state index in [4.69, 9.17) is 0 Å². The van der Waals surface area contributed by atoms with Crippen molar-refractivity contribution in [2.75, 3.05) is 14.2 Å². The standard InChI is InChI=1S/C19H29N3O3/c1-7-9-10-16(8-2)12-11-14(3)13-17(15(4)20-5)18(23)21-22-19(24)25-6/h7-10,13-14H,1,11-12H2,2-6H3,(H,21,23)(H,22,24)/b10-9-,16-8+,17-13+,20-15?. The molecule has 0 aliphatic carbocycles. The molecule has 25 heavy (non-hydrogen) atoms. The van der Waals surface area contributed by atoms with Gasteiger partial charge in [0, 0.05) is 12.8 Å². The largest absolute Gasteiger partial charge is 0.452 e. The summed E-state index contributed by atoms with van der Waals surface area (Å²) in [4.78, 5) is 27.4. The van der Waals surface area contributed by atoms with Crippen LogP contribution in [0.3, 0.4) is 0 Å². The maximum Gasteiger partial charge on any atom is 0.425 e. The smallest absolute Gasteiger partial charge is 0.425 e. The van der Waals surface area contributed by atoms with Crippen LogP contribution in [0.25, 0.3) is 0 Å². The molecule has 0 aliphatic rings. The molecule has 1 atom stereocenters. The molecule has 0 bridgehead atoms. The Morgan fingerprint density at radius 3 is 2.52 bits per heavy atom. The van der Waals surface area contributed by atoms with E-state index in [1.54, 1.807) is 20.0 Å². The third-order valence-corrected chi connectivity index (χ3v) is 3.59. The molecule has 0 heterocycles. The molecule has 2 amide bonds. The highest BCUT2D eigenvalue weighted by molar-refractivity contribution is 6.20. The van der Waals surface area contributed by atoms with Crippen molar-refractivity contribution >= 4 is 17.7 Å². The number of nitrogens with zero attached hydrogens (tertiary/aromatic N) is 1. The van der Waals surface area contributed by atoms with E-state index in [-0.39, 0.29) is 5.92 Å². The van der Waals surface area contributed by atoms with Gasteiger partial charge in [-0.05, 0) is 32.6 Å². The lowest BCUT2D eigenvalue weighted by Gasteiger charge is -2.13. The maximum atomic E-state index is 12.3. The number of carbonyl (C=O) groups excluding carboxylic acids is 2. The third kappa shape index (κ3) is 9.30. The number of amides is 2. The molecule has 0 aliphatic heterocycles. The van der Waals surface area contributed by atoms with Crippen LogP contribution in [0.2, 0.25) is 0 Å². The van der Waals surface area contributed by atoms with Crippen LogP contribution in [-0.2, 0) is 9.53 Å². The summed E-state index contributed by atoms with van der Waals surface area (Å²) in [6.45, 7) is 9.45. The summed E-state index contributed by atoms with van der Waals surface area (Å²) in [6, 6.07) is 0. The molecule has 0 aromatic carbocycles. The number of methoxy groups -OCH3 is 1. The molecule has 0 aromatic heterocycles. The van der Waals surface area contributed by atoms with Crippen LogP contribution in [0.1, 0.15) is 33.6 Å². The molecule has 0 saturated heterocycles. The van der Waals surface area contributed by atoms with Gasteiger partial charge in [-0.15, -0.1) is 0 Å². The zero-order valence-electron chi connectivity index (χ0n) is 15.8. The number of nitrogens with one attached hydrogen (secondary N) is 2. The Morgan fingerprint density at radius 1 is 1.32 bits per heavy atom. The minimum atomic E-state index is -0.737. The van der Waals surface area contributed by atoms with Crippen LogP contribution in [0, 0.1) is 5.92 Å². The fourth-order valence-electron chi connectivity index (χ4n) is 1.98. The molecular weight excluding hydrogens is 318 g/mol. The monoisotopic (exact) mass is 347 g/mol. The predicted octanol–water partition coefficient (Wildman–Crippen LogP) is 3.50. The zero-order valence-corrected chi connectivity index (χ0v) is 15.8. The molecule has 0 fully saturated rings. The van der Waals surface area contributed by atoms with Gasteiger partial charge in [-0.25, -0.2) is 10.2 Å². The highest BCUT2D eigenvalue weighted by Crippen LogP contribution is 2.16. The molecule has 138 valence electrons. The number of allylic oxidation sites excluding steroid dienone is 6. The molecule has 1 unspecified atom stereocenters. The first-order valence-corrected chi connectivity index (χ1v) is 8.13. The van der Waals surface area contributed by atoms with E-state index in [0.29, 0.717) is 11.3 Å². The number of hydrazine groups is 1. The number of carbonyl (C=O) groups is 2. The minimum Gasteiger partial charge on any atom is -0.452 e. The van der Waals surface area contributed by atoms with E-state index in [9.17, 15) is 9.59 Å². The van der Waals surface area contributed by atoms with Crippen molar-refractivity contribution in [2.24, 2.45) is 10.9 Å². The van der Waals surface area contributed by atoms with E-state index in [2.05, 4.69) is 33.2 Å². The van der Waals surface area contributed by atoms with Gasteiger partial charge in [0.05, 0.1) is 12.7 Å². The van der Waals surface area contributed by atoms with Crippen LogP contribution < -0.4 is 10.9 Å². The van der Waals surface area contributed by atoms with Gasteiger partial charge in [0.2, 0.25) is 0 Å². The Kier molecular flexibility index (Phi) is 11.4. The van der Waals surface area contributed by atoms with E-state index in [1.165, 1.54) is 12.7 Å². The van der Waals surface area contributed by atoms with Crippen molar-refractivity contribution < 1.29 is 14.3 Å². The summed E-state index contributed by atoms with van der Waals surface area (Å²) in [5.74, 6) is -0.277. The number of ether oxygens (including phenoxy) is 1. The van der Waals surface area contributed by atoms with E-state index in [0.717, 1.165) is 12.8 Å². The fraction of sp³-hybridized carbons (Fsp3) is 0.421. The topological polar surface area (TPSA) is 79.8 Å². The number of rotatable bonds is 8. The number of hydrogen-bond acceptors (Lipinski definition) is 4. The van der Waals surface area contributed by atoms with Gasteiger partial charge in [0.15, 0.2) is 0 Å². The lowest BCUT2D eigenvalue weighted by Crippen LogP contribution is -2.43. The van der Waals surface area contributed by atoms with Crippen molar-refractivity contribution in [3.63, 3.8) is 0 Å². The quantitative estimate of drug-likeness (QED) is 0.305. The average molecular weight is 347 g/mol. The van der Waals surface area contributed by atoms with E-state index >= 15 is 0 Å². The molecule has 0 saturated carbocycles. The van der Waals surface area contributed by atoms with Crippen LogP contribution in [0.4, 0.5) is 4.79 Å². The van der Waals surface area contributed by atoms with Crippen LogP contribution in [-0.4, -0.2) is 31.9 Å². The van der Waals surface area contributed by atoms with Crippen molar-refractivity contribution in [3.05, 3.63) is 48.1 Å². The summed E-state index contributed by atoms with van der Waals surface area (Å²) in [5.41, 5.74) is 6.70. The molecule has 0 aromatic rings. The van der Waals surface area contributed by atoms with Gasteiger partial charge in [-0.1, -0.05) is 49.5 Å². The Bertz CT molecular complexity index is 587. The summed E-state index contributed by atoms with van der Waals surface area (Å²) >= 11 is 0. The second-order valence-corrected chi connectivity index (χ2v) is 5.43. The van der Waals surface area contributed by atoms with Crippen LogP contribution in [0.15, 0.2) is 53.1 Å². The Labute approximate surface area is 150 Å². The molecule has 6 nitrogen and oxygen atoms in total. The van der Waals surface area contributed by atoms with Crippen molar-refractivity contribution in [1.82, 2.24) is 10.9 Å². The molecule has 6 heteroatoms. The highest BCUT2D eigenvalue weighted by Gasteiger charge is 2.15. The molecule has 2 N–H and O–H groups in total. The third-order valence-electron chi connectivity index (χ3n) is 3.59. The Morgan fingerprint density at radius 2 is 2.00 bits per heavy atom. The molecule has 0 radical (unpaired) electrons. The molecular formula is C19H29N3O3. The first-order valence-electron chi connectivity index (χ1n) is 8.13. The molecule has 0 spiro atoms. The number of hydrogen-bond donors (Lipinski definition) is 2. The Hall–Kier alpha value is -2.63. The minimum absolute atomic E-state index is 0.155. The summed E-state index contributed by atoms with van der Waals surface area (Å²) < 4.78 is 4.42. The van der Waals surface area contributed by atoms with Gasteiger partial charge in [0.1, 0.15) is 0 Å². The van der Waals surface area contributed by atoms with Crippen molar-refractivity contribution in [1.29, 1.82) is 0 Å². The Balaban J connectivity index is 5.02. The number of aliphatic imine (C=N–C) groups is 1. The fourth-order valence-corrected chi connectivity index (χ4v) is 1.98. The van der Waals surface area contributed by atoms with Gasteiger partial charge < -0.3 is 4.74 Å². The first-order chi connectivity index (χ1) is 11.9. The van der Waals surface area contributed by atoms with Gasteiger partial charge >= 0.3 is 6.09 Å². The second kappa shape index (κ2) is 12.8. The second-order valence-electron chi connectivity index (χ2n) is 5.43. The van der Waals surface area contributed by atoms with Crippen molar-refractivity contribution in [2.45, 2.75) is 33.6 Å². The zero-order chi connectivity index (χ0) is 19.2. The van der Waals surface area contributed by atoms with E-state index < -0.39 is 12.0 Å². The van der Waals surface area contributed by atoms with Crippen molar-refractivity contribution in [3.8, 4) is 0 Å². The van der Waals surface area contributed by atoms with Gasteiger partial charge in [0.25, 0.3) is 5.91 Å².